The van der Waals surface area contributed by atoms with Crippen LogP contribution < -0.4 is 15.6 Å². The number of ether oxygens (including phenoxy) is 1. The Morgan fingerprint density at radius 3 is 2.81 bits per heavy atom. The maximum Gasteiger partial charge on any atom is 0.299 e. The molecule has 0 unspecified atom stereocenters. The van der Waals surface area contributed by atoms with Crippen molar-refractivity contribution in [2.45, 2.75) is 19.5 Å². The zero-order chi connectivity index (χ0) is 21.8. The van der Waals surface area contributed by atoms with E-state index in [9.17, 15) is 14.0 Å². The monoisotopic (exact) mass is 422 g/mol. The summed E-state index contributed by atoms with van der Waals surface area (Å²) in [6.07, 6.45) is 1.44. The number of amides is 1. The van der Waals surface area contributed by atoms with Crippen molar-refractivity contribution in [3.63, 3.8) is 0 Å². The molecule has 1 amide bonds. The Labute approximate surface area is 176 Å². The number of aromatic nitrogens is 3. The topological polar surface area (TPSA) is 99.2 Å². The van der Waals surface area contributed by atoms with E-state index in [1.165, 1.54) is 35.2 Å². The number of hydrogen-bond donors (Lipinski definition) is 1. The molecule has 0 aliphatic heterocycles. The number of carbonyl (C=O) groups excluding carboxylic acids is 1. The molecule has 158 valence electrons. The van der Waals surface area contributed by atoms with Crippen molar-refractivity contribution in [2.75, 3.05) is 7.11 Å². The van der Waals surface area contributed by atoms with Crippen LogP contribution in [-0.4, -0.2) is 27.7 Å². The lowest BCUT2D eigenvalue weighted by Gasteiger charge is -2.08. The third-order valence-electron chi connectivity index (χ3n) is 4.77. The summed E-state index contributed by atoms with van der Waals surface area (Å²) in [6.45, 7) is 0.490. The van der Waals surface area contributed by atoms with Crippen LogP contribution in [0.25, 0.3) is 22.4 Å². The van der Waals surface area contributed by atoms with Gasteiger partial charge in [-0.05, 0) is 42.0 Å². The maximum absolute atomic E-state index is 13.1. The highest BCUT2D eigenvalue weighted by molar-refractivity contribution is 5.87. The number of hydrogen-bond acceptors (Lipinski definition) is 6. The molecular weight excluding hydrogens is 403 g/mol. The zero-order valence-corrected chi connectivity index (χ0v) is 16.7. The summed E-state index contributed by atoms with van der Waals surface area (Å²) in [4.78, 5) is 29.1. The van der Waals surface area contributed by atoms with Gasteiger partial charge in [-0.2, -0.15) is 0 Å². The predicted octanol–water partition coefficient (Wildman–Crippen LogP) is 2.91. The van der Waals surface area contributed by atoms with E-state index in [2.05, 4.69) is 15.5 Å². The molecule has 0 aliphatic carbocycles. The molecule has 0 bridgehead atoms. The van der Waals surface area contributed by atoms with Gasteiger partial charge in [0.1, 0.15) is 22.8 Å². The fraction of sp³-hybridized carbons (Fsp3) is 0.182. The van der Waals surface area contributed by atoms with E-state index in [0.29, 0.717) is 23.6 Å². The lowest BCUT2D eigenvalue weighted by molar-refractivity contribution is -0.121. The molecule has 9 heteroatoms. The van der Waals surface area contributed by atoms with Gasteiger partial charge in [0.15, 0.2) is 0 Å². The lowest BCUT2D eigenvalue weighted by atomic mass is 10.1. The smallest absolute Gasteiger partial charge is 0.299 e. The van der Waals surface area contributed by atoms with Crippen LogP contribution in [-0.2, 0) is 17.9 Å². The van der Waals surface area contributed by atoms with Gasteiger partial charge in [-0.3, -0.25) is 14.2 Å². The molecule has 2 heterocycles. The number of fused-ring (bicyclic) bond motifs is 1. The average Bonchev–Trinajstić information content (AvgIpc) is 3.23. The standard InChI is InChI=1S/C22H19FN4O4/c1-30-17-4-2-3-14(11-17)12-24-18(28)9-10-27-13-25-20-19(26-31-21(20)22(27)29)15-5-7-16(23)8-6-15/h2-8,11,13H,9-10,12H2,1H3,(H,24,28). The summed E-state index contributed by atoms with van der Waals surface area (Å²) in [5.41, 5.74) is 1.68. The van der Waals surface area contributed by atoms with Crippen LogP contribution >= 0.6 is 0 Å². The summed E-state index contributed by atoms with van der Waals surface area (Å²) in [6, 6.07) is 13.0. The van der Waals surface area contributed by atoms with Gasteiger partial charge in [-0.15, -0.1) is 0 Å². The van der Waals surface area contributed by atoms with E-state index in [4.69, 9.17) is 9.26 Å². The van der Waals surface area contributed by atoms with Gasteiger partial charge in [-0.25, -0.2) is 9.37 Å². The largest absolute Gasteiger partial charge is 0.497 e. The number of methoxy groups -OCH3 is 1. The summed E-state index contributed by atoms with van der Waals surface area (Å²) in [5.74, 6) is 0.126. The van der Waals surface area contributed by atoms with Gasteiger partial charge < -0.3 is 14.6 Å². The molecule has 0 saturated carbocycles. The van der Waals surface area contributed by atoms with Crippen molar-refractivity contribution < 1.29 is 18.4 Å². The van der Waals surface area contributed by atoms with Crippen molar-refractivity contribution in [3.05, 3.63) is 76.6 Å². The fourth-order valence-electron chi connectivity index (χ4n) is 3.11. The van der Waals surface area contributed by atoms with Gasteiger partial charge in [0.25, 0.3) is 11.1 Å². The number of rotatable bonds is 7. The van der Waals surface area contributed by atoms with Gasteiger partial charge in [0.2, 0.25) is 5.91 Å². The molecule has 0 fully saturated rings. The number of nitrogens with one attached hydrogen (secondary N) is 1. The first-order valence-corrected chi connectivity index (χ1v) is 9.55. The minimum atomic E-state index is -0.438. The minimum Gasteiger partial charge on any atom is -0.497 e. The number of carbonyl (C=O) groups is 1. The van der Waals surface area contributed by atoms with Crippen molar-refractivity contribution >= 4 is 17.0 Å². The van der Waals surface area contributed by atoms with Gasteiger partial charge in [0.05, 0.1) is 13.4 Å². The van der Waals surface area contributed by atoms with Crippen LogP contribution in [0.2, 0.25) is 0 Å². The first kappa shape index (κ1) is 20.3. The molecule has 4 aromatic rings. The Morgan fingerprint density at radius 2 is 2.03 bits per heavy atom. The molecular formula is C22H19FN4O4. The average molecular weight is 422 g/mol. The van der Waals surface area contributed by atoms with Crippen molar-refractivity contribution in [3.8, 4) is 17.0 Å². The van der Waals surface area contributed by atoms with Crippen LogP contribution in [0.4, 0.5) is 4.39 Å². The Hall–Kier alpha value is -4.01. The highest BCUT2D eigenvalue weighted by Gasteiger charge is 2.16. The minimum absolute atomic E-state index is 0.0152. The Bertz CT molecular complexity index is 1280. The Morgan fingerprint density at radius 1 is 1.23 bits per heavy atom. The van der Waals surface area contributed by atoms with Crippen molar-refractivity contribution in [2.24, 2.45) is 0 Å². The van der Waals surface area contributed by atoms with E-state index < -0.39 is 5.56 Å². The number of aryl methyl sites for hydroxylation is 1. The van der Waals surface area contributed by atoms with Crippen LogP contribution in [0, 0.1) is 5.82 Å². The quantitative estimate of drug-likeness (QED) is 0.492. The SMILES string of the molecule is COc1cccc(CNC(=O)CCn2cnc3c(-c4ccc(F)cc4)noc3c2=O)c1. The van der Waals surface area contributed by atoms with E-state index in [-0.39, 0.29) is 35.8 Å². The molecule has 0 spiro atoms. The third-order valence-corrected chi connectivity index (χ3v) is 4.77. The normalized spacial score (nSPS) is 10.9. The third kappa shape index (κ3) is 4.45. The molecule has 0 radical (unpaired) electrons. The van der Waals surface area contributed by atoms with E-state index in [1.807, 2.05) is 24.3 Å². The molecule has 2 aromatic heterocycles. The molecule has 2 aromatic carbocycles. The first-order valence-electron chi connectivity index (χ1n) is 9.55. The van der Waals surface area contributed by atoms with Crippen LogP contribution in [0.15, 0.2) is 64.2 Å². The van der Waals surface area contributed by atoms with E-state index in [0.717, 1.165) is 5.56 Å². The molecule has 0 atom stereocenters. The zero-order valence-electron chi connectivity index (χ0n) is 16.7. The number of benzene rings is 2. The van der Waals surface area contributed by atoms with E-state index in [1.54, 1.807) is 7.11 Å². The van der Waals surface area contributed by atoms with Gasteiger partial charge in [-0.1, -0.05) is 17.3 Å². The van der Waals surface area contributed by atoms with Crippen LogP contribution in [0.3, 0.4) is 0 Å². The maximum atomic E-state index is 13.1. The highest BCUT2D eigenvalue weighted by Crippen LogP contribution is 2.24. The second-order valence-corrected chi connectivity index (χ2v) is 6.84. The summed E-state index contributed by atoms with van der Waals surface area (Å²) in [7, 11) is 1.58. The molecule has 31 heavy (non-hydrogen) atoms. The summed E-state index contributed by atoms with van der Waals surface area (Å²) >= 11 is 0. The van der Waals surface area contributed by atoms with Crippen LogP contribution in [0.5, 0.6) is 5.75 Å². The predicted molar refractivity (Wildman–Crippen MR) is 111 cm³/mol. The first-order chi connectivity index (χ1) is 15.0. The Kier molecular flexibility index (Phi) is 5.74. The van der Waals surface area contributed by atoms with E-state index >= 15 is 0 Å². The van der Waals surface area contributed by atoms with Crippen molar-refractivity contribution in [1.29, 1.82) is 0 Å². The molecule has 0 saturated heterocycles. The second kappa shape index (κ2) is 8.78. The fourth-order valence-corrected chi connectivity index (χ4v) is 3.11. The molecule has 0 aliphatic rings. The van der Waals surface area contributed by atoms with Crippen LogP contribution in [0.1, 0.15) is 12.0 Å². The van der Waals surface area contributed by atoms with Crippen molar-refractivity contribution in [1.82, 2.24) is 20.0 Å². The molecule has 1 N–H and O–H groups in total. The molecule has 4 rings (SSSR count). The number of nitrogens with zero attached hydrogens (tertiary/aromatic N) is 3. The number of halogens is 1. The Balaban J connectivity index is 1.43. The second-order valence-electron chi connectivity index (χ2n) is 6.84. The highest BCUT2D eigenvalue weighted by atomic mass is 19.1. The summed E-state index contributed by atoms with van der Waals surface area (Å²) < 4.78 is 24.8. The summed E-state index contributed by atoms with van der Waals surface area (Å²) in [5, 5.41) is 6.72. The van der Waals surface area contributed by atoms with Gasteiger partial charge in [0, 0.05) is 25.1 Å². The lowest BCUT2D eigenvalue weighted by Crippen LogP contribution is -2.27. The molecule has 8 nitrogen and oxygen atoms in total. The van der Waals surface area contributed by atoms with Gasteiger partial charge >= 0.3 is 0 Å².